The Morgan fingerprint density at radius 2 is 2.06 bits per heavy atom. The first-order valence-corrected chi connectivity index (χ1v) is 7.78. The van der Waals surface area contributed by atoms with Gasteiger partial charge in [-0.25, -0.2) is 0 Å². The molecule has 1 N–H and O–H groups in total. The van der Waals surface area contributed by atoms with Gasteiger partial charge < -0.3 is 10.1 Å². The van der Waals surface area contributed by atoms with Crippen molar-refractivity contribution in [3.63, 3.8) is 0 Å². The topological polar surface area (TPSA) is 21.3 Å². The van der Waals surface area contributed by atoms with Gasteiger partial charge in [-0.05, 0) is 32.1 Å². The first kappa shape index (κ1) is 13.6. The van der Waals surface area contributed by atoms with Gasteiger partial charge in [-0.15, -0.1) is 11.6 Å². The van der Waals surface area contributed by atoms with Crippen molar-refractivity contribution in [2.24, 2.45) is 0 Å². The number of nitrogens with one attached hydrogen (secondary N) is 1. The highest BCUT2D eigenvalue weighted by Crippen LogP contribution is 2.41. The molecule has 0 aromatic carbocycles. The van der Waals surface area contributed by atoms with Crippen LogP contribution < -0.4 is 5.32 Å². The van der Waals surface area contributed by atoms with Crippen LogP contribution in [0.4, 0.5) is 0 Å². The molecule has 2 nitrogen and oxygen atoms in total. The molecule has 0 radical (unpaired) electrons. The molecule has 100 valence electrons. The average Bonchev–Trinajstić information content (AvgIpc) is 2.75. The molecule has 1 spiro atoms. The Bertz CT molecular complexity index is 224. The van der Waals surface area contributed by atoms with Gasteiger partial charge in [-0.3, -0.25) is 0 Å². The molecule has 1 aliphatic heterocycles. The van der Waals surface area contributed by atoms with Crippen LogP contribution in [0.5, 0.6) is 0 Å². The van der Waals surface area contributed by atoms with Crippen molar-refractivity contribution in [3.05, 3.63) is 0 Å². The third kappa shape index (κ3) is 3.59. The summed E-state index contributed by atoms with van der Waals surface area (Å²) in [6, 6.07) is 0.447. The van der Waals surface area contributed by atoms with Gasteiger partial charge in [-0.1, -0.05) is 26.2 Å². The Morgan fingerprint density at radius 1 is 1.29 bits per heavy atom. The van der Waals surface area contributed by atoms with Gasteiger partial charge >= 0.3 is 0 Å². The van der Waals surface area contributed by atoms with E-state index < -0.39 is 0 Å². The molecule has 1 heterocycles. The number of rotatable bonds is 5. The van der Waals surface area contributed by atoms with Crippen LogP contribution in [0.15, 0.2) is 0 Å². The largest absolute Gasteiger partial charge is 0.370 e. The van der Waals surface area contributed by atoms with Crippen molar-refractivity contribution in [3.8, 4) is 0 Å². The third-order valence-electron chi connectivity index (χ3n) is 4.42. The third-order valence-corrected chi connectivity index (χ3v) is 4.79. The first-order valence-electron chi connectivity index (χ1n) is 7.25. The summed E-state index contributed by atoms with van der Waals surface area (Å²) in [5, 5.41) is 3.53. The molecular weight excluding hydrogens is 234 g/mol. The minimum Gasteiger partial charge on any atom is -0.370 e. The summed E-state index contributed by atoms with van der Waals surface area (Å²) in [5.41, 5.74) is 0.257. The van der Waals surface area contributed by atoms with E-state index in [1.54, 1.807) is 0 Å². The summed E-state index contributed by atoms with van der Waals surface area (Å²) in [5.74, 6) is 0.703. The summed E-state index contributed by atoms with van der Waals surface area (Å²) in [6.45, 7) is 3.16. The summed E-state index contributed by atoms with van der Waals surface area (Å²) in [7, 11) is 0. The molecule has 2 atom stereocenters. The first-order chi connectivity index (χ1) is 8.28. The van der Waals surface area contributed by atoms with Crippen molar-refractivity contribution in [2.75, 3.05) is 12.4 Å². The van der Waals surface area contributed by atoms with Crippen LogP contribution in [0, 0.1) is 0 Å². The fourth-order valence-electron chi connectivity index (χ4n) is 3.21. The van der Waals surface area contributed by atoms with Gasteiger partial charge in [0, 0.05) is 18.5 Å². The standard InChI is InChI=1S/C14H26ClNO/c1-2-12(10-15)16-11-13-6-9-14(17-13)7-4-3-5-8-14/h12-13,16H,2-11H2,1H3. The molecule has 0 amide bonds. The number of hydrogen-bond acceptors (Lipinski definition) is 2. The molecule has 0 bridgehead atoms. The monoisotopic (exact) mass is 259 g/mol. The molecular formula is C14H26ClNO. The number of ether oxygens (including phenoxy) is 1. The molecule has 0 aromatic rings. The zero-order chi connectivity index (χ0) is 12.1. The van der Waals surface area contributed by atoms with Gasteiger partial charge in [0.15, 0.2) is 0 Å². The normalized spacial score (nSPS) is 29.6. The molecule has 1 saturated carbocycles. The molecule has 3 heteroatoms. The van der Waals surface area contributed by atoms with E-state index in [2.05, 4.69) is 12.2 Å². The van der Waals surface area contributed by atoms with E-state index in [-0.39, 0.29) is 5.60 Å². The van der Waals surface area contributed by atoms with E-state index in [0.29, 0.717) is 18.0 Å². The lowest BCUT2D eigenvalue weighted by Crippen LogP contribution is -2.38. The van der Waals surface area contributed by atoms with Crippen molar-refractivity contribution >= 4 is 11.6 Å². The Morgan fingerprint density at radius 3 is 2.71 bits per heavy atom. The molecule has 2 unspecified atom stereocenters. The van der Waals surface area contributed by atoms with Crippen molar-refractivity contribution in [1.29, 1.82) is 0 Å². The second kappa shape index (κ2) is 6.40. The summed E-state index contributed by atoms with van der Waals surface area (Å²) in [6.07, 6.45) is 10.7. The fourth-order valence-corrected chi connectivity index (χ4v) is 3.54. The van der Waals surface area contributed by atoms with Crippen LogP contribution in [0.25, 0.3) is 0 Å². The molecule has 17 heavy (non-hydrogen) atoms. The van der Waals surface area contributed by atoms with Crippen molar-refractivity contribution in [2.45, 2.75) is 76.0 Å². The Balaban J connectivity index is 1.73. The predicted molar refractivity (Wildman–Crippen MR) is 72.7 cm³/mol. The lowest BCUT2D eigenvalue weighted by molar-refractivity contribution is -0.0628. The average molecular weight is 260 g/mol. The molecule has 1 aliphatic carbocycles. The Kier molecular flexibility index (Phi) is 5.13. The quantitative estimate of drug-likeness (QED) is 0.764. The number of hydrogen-bond donors (Lipinski definition) is 1. The molecule has 0 aromatic heterocycles. The smallest absolute Gasteiger partial charge is 0.0708 e. The van der Waals surface area contributed by atoms with Crippen LogP contribution in [-0.4, -0.2) is 30.2 Å². The lowest BCUT2D eigenvalue weighted by atomic mass is 9.83. The van der Waals surface area contributed by atoms with Crippen LogP contribution in [0.2, 0.25) is 0 Å². The molecule has 1 saturated heterocycles. The van der Waals surface area contributed by atoms with Crippen molar-refractivity contribution < 1.29 is 4.74 Å². The van der Waals surface area contributed by atoms with Crippen LogP contribution in [0.1, 0.15) is 58.3 Å². The highest BCUT2D eigenvalue weighted by Gasteiger charge is 2.40. The zero-order valence-corrected chi connectivity index (χ0v) is 11.8. The second-order valence-electron chi connectivity index (χ2n) is 5.69. The number of halogens is 1. The summed E-state index contributed by atoms with van der Waals surface area (Å²) < 4.78 is 6.32. The van der Waals surface area contributed by atoms with Crippen LogP contribution >= 0.6 is 11.6 Å². The van der Waals surface area contributed by atoms with E-state index in [1.807, 2.05) is 0 Å². The zero-order valence-electron chi connectivity index (χ0n) is 11.0. The molecule has 2 aliphatic rings. The van der Waals surface area contributed by atoms with Gasteiger partial charge in [0.2, 0.25) is 0 Å². The van der Waals surface area contributed by atoms with E-state index in [1.165, 1.54) is 44.9 Å². The van der Waals surface area contributed by atoms with E-state index in [4.69, 9.17) is 16.3 Å². The van der Waals surface area contributed by atoms with E-state index in [0.717, 1.165) is 13.0 Å². The summed E-state index contributed by atoms with van der Waals surface area (Å²) in [4.78, 5) is 0. The fraction of sp³-hybridized carbons (Fsp3) is 1.00. The van der Waals surface area contributed by atoms with Gasteiger partial charge in [0.25, 0.3) is 0 Å². The molecule has 2 fully saturated rings. The second-order valence-corrected chi connectivity index (χ2v) is 6.00. The maximum atomic E-state index is 6.32. The minimum atomic E-state index is 0.257. The van der Waals surface area contributed by atoms with E-state index >= 15 is 0 Å². The highest BCUT2D eigenvalue weighted by molar-refractivity contribution is 6.18. The molecule has 2 rings (SSSR count). The lowest BCUT2D eigenvalue weighted by Gasteiger charge is -2.33. The SMILES string of the molecule is CCC(CCl)NCC1CCC2(CCCCC2)O1. The maximum absolute atomic E-state index is 6.32. The van der Waals surface area contributed by atoms with Crippen LogP contribution in [-0.2, 0) is 4.74 Å². The minimum absolute atomic E-state index is 0.257. The Hall–Kier alpha value is 0.210. The summed E-state index contributed by atoms with van der Waals surface area (Å²) >= 11 is 5.89. The van der Waals surface area contributed by atoms with E-state index in [9.17, 15) is 0 Å². The van der Waals surface area contributed by atoms with Gasteiger partial charge in [-0.2, -0.15) is 0 Å². The predicted octanol–water partition coefficient (Wildman–Crippen LogP) is 3.48. The Labute approximate surface area is 110 Å². The van der Waals surface area contributed by atoms with Gasteiger partial charge in [0.1, 0.15) is 0 Å². The van der Waals surface area contributed by atoms with Crippen molar-refractivity contribution in [1.82, 2.24) is 5.32 Å². The van der Waals surface area contributed by atoms with Crippen LogP contribution in [0.3, 0.4) is 0 Å². The highest BCUT2D eigenvalue weighted by atomic mass is 35.5. The number of alkyl halides is 1. The maximum Gasteiger partial charge on any atom is 0.0708 e. The van der Waals surface area contributed by atoms with Gasteiger partial charge in [0.05, 0.1) is 11.7 Å².